The Morgan fingerprint density at radius 1 is 1.30 bits per heavy atom. The van der Waals surface area contributed by atoms with E-state index < -0.39 is 0 Å². The second-order valence-corrected chi connectivity index (χ2v) is 7.42. The molecule has 20 heavy (non-hydrogen) atoms. The maximum absolute atomic E-state index is 4.30. The maximum Gasteiger partial charge on any atom is 0.191 e. The van der Waals surface area contributed by atoms with Gasteiger partial charge in [0.1, 0.15) is 0 Å². The van der Waals surface area contributed by atoms with Gasteiger partial charge in [0.2, 0.25) is 0 Å². The van der Waals surface area contributed by atoms with Crippen molar-refractivity contribution < 1.29 is 0 Å². The van der Waals surface area contributed by atoms with E-state index in [-0.39, 0.29) is 11.0 Å². The standard InChI is InChI=1S/C16H24BrN3/c1-15(2,3)20-14(18-4)19-11-16(9-10-16)12-7-5-6-8-13(12)17/h5-8H,9-11H2,1-4H3,(H2,18,19,20). The van der Waals surface area contributed by atoms with Crippen LogP contribution in [0.5, 0.6) is 0 Å². The fourth-order valence-electron chi connectivity index (χ4n) is 2.37. The summed E-state index contributed by atoms with van der Waals surface area (Å²) >= 11 is 3.67. The van der Waals surface area contributed by atoms with Crippen molar-refractivity contribution in [3.05, 3.63) is 34.3 Å². The molecule has 3 nitrogen and oxygen atoms in total. The van der Waals surface area contributed by atoms with Gasteiger partial charge in [0.15, 0.2) is 5.96 Å². The number of halogens is 1. The minimum atomic E-state index is 0.0197. The third-order valence-corrected chi connectivity index (χ3v) is 4.30. The average molecular weight is 338 g/mol. The predicted molar refractivity (Wildman–Crippen MR) is 89.3 cm³/mol. The first-order valence-electron chi connectivity index (χ1n) is 7.10. The van der Waals surface area contributed by atoms with Crippen LogP contribution in [-0.2, 0) is 5.41 Å². The predicted octanol–water partition coefficient (Wildman–Crippen LogP) is 3.44. The Morgan fingerprint density at radius 2 is 1.95 bits per heavy atom. The van der Waals surface area contributed by atoms with Crippen LogP contribution in [0.1, 0.15) is 39.2 Å². The molecule has 0 amide bonds. The molecule has 0 unspecified atom stereocenters. The van der Waals surface area contributed by atoms with E-state index in [1.807, 2.05) is 7.05 Å². The lowest BCUT2D eigenvalue weighted by Gasteiger charge is -2.26. The van der Waals surface area contributed by atoms with Crippen molar-refractivity contribution in [1.82, 2.24) is 10.6 Å². The van der Waals surface area contributed by atoms with Gasteiger partial charge in [-0.25, -0.2) is 0 Å². The first-order valence-corrected chi connectivity index (χ1v) is 7.89. The zero-order valence-electron chi connectivity index (χ0n) is 12.8. The third kappa shape index (κ3) is 3.75. The van der Waals surface area contributed by atoms with Gasteiger partial charge in [-0.3, -0.25) is 4.99 Å². The fourth-order valence-corrected chi connectivity index (χ4v) is 3.08. The number of guanidine groups is 1. The molecule has 0 radical (unpaired) electrons. The molecule has 2 N–H and O–H groups in total. The molecule has 0 atom stereocenters. The number of benzene rings is 1. The second kappa shape index (κ2) is 5.76. The van der Waals surface area contributed by atoms with Gasteiger partial charge in [0.05, 0.1) is 0 Å². The van der Waals surface area contributed by atoms with E-state index in [1.54, 1.807) is 0 Å². The van der Waals surface area contributed by atoms with Crippen LogP contribution in [0.15, 0.2) is 33.7 Å². The molecule has 0 heterocycles. The van der Waals surface area contributed by atoms with Gasteiger partial charge in [-0.1, -0.05) is 34.1 Å². The number of nitrogens with zero attached hydrogens (tertiary/aromatic N) is 1. The zero-order valence-corrected chi connectivity index (χ0v) is 14.3. The number of rotatable bonds is 3. The van der Waals surface area contributed by atoms with Gasteiger partial charge in [0.25, 0.3) is 0 Å². The van der Waals surface area contributed by atoms with Crippen molar-refractivity contribution in [2.75, 3.05) is 13.6 Å². The summed E-state index contributed by atoms with van der Waals surface area (Å²) in [5.74, 6) is 0.871. The van der Waals surface area contributed by atoms with E-state index >= 15 is 0 Å². The SMILES string of the molecule is CN=C(NCC1(c2ccccc2Br)CC1)NC(C)(C)C. The summed E-state index contributed by atoms with van der Waals surface area (Å²) in [5, 5.41) is 6.87. The summed E-state index contributed by atoms with van der Waals surface area (Å²) in [6.45, 7) is 7.34. The number of aliphatic imine (C=N–C) groups is 1. The molecule has 2 rings (SSSR count). The molecule has 1 aliphatic carbocycles. The molecule has 0 saturated heterocycles. The highest BCUT2D eigenvalue weighted by molar-refractivity contribution is 9.10. The Balaban J connectivity index is 2.02. The van der Waals surface area contributed by atoms with Crippen LogP contribution in [-0.4, -0.2) is 25.1 Å². The molecule has 0 aliphatic heterocycles. The smallest absolute Gasteiger partial charge is 0.191 e. The molecular formula is C16H24BrN3. The summed E-state index contributed by atoms with van der Waals surface area (Å²) in [6, 6.07) is 8.52. The largest absolute Gasteiger partial charge is 0.356 e. The lowest BCUT2D eigenvalue weighted by molar-refractivity contribution is 0.497. The maximum atomic E-state index is 4.30. The van der Waals surface area contributed by atoms with Gasteiger partial charge in [-0.15, -0.1) is 0 Å². The van der Waals surface area contributed by atoms with Crippen molar-refractivity contribution in [2.24, 2.45) is 4.99 Å². The van der Waals surface area contributed by atoms with Gasteiger partial charge in [0, 0.05) is 29.0 Å². The molecule has 1 fully saturated rings. The highest BCUT2D eigenvalue weighted by atomic mass is 79.9. The van der Waals surface area contributed by atoms with E-state index in [9.17, 15) is 0 Å². The van der Waals surface area contributed by atoms with Gasteiger partial charge in [-0.2, -0.15) is 0 Å². The summed E-state index contributed by atoms with van der Waals surface area (Å²) in [5.41, 5.74) is 1.68. The molecule has 1 aliphatic rings. The molecule has 0 bridgehead atoms. The molecule has 4 heteroatoms. The number of hydrogen-bond donors (Lipinski definition) is 2. The zero-order chi connectivity index (χ0) is 14.8. The molecule has 0 spiro atoms. The monoisotopic (exact) mass is 337 g/mol. The van der Waals surface area contributed by atoms with Crippen molar-refractivity contribution in [2.45, 2.75) is 44.6 Å². The summed E-state index contributed by atoms with van der Waals surface area (Å²) in [7, 11) is 1.82. The minimum absolute atomic E-state index is 0.0197. The Labute approximate surface area is 130 Å². The van der Waals surface area contributed by atoms with E-state index in [2.05, 4.69) is 76.6 Å². The Bertz CT molecular complexity index is 499. The topological polar surface area (TPSA) is 36.4 Å². The summed E-state index contributed by atoms with van der Waals surface area (Å²) in [4.78, 5) is 4.30. The van der Waals surface area contributed by atoms with E-state index in [4.69, 9.17) is 0 Å². The van der Waals surface area contributed by atoms with Crippen molar-refractivity contribution in [3.63, 3.8) is 0 Å². The Hall–Kier alpha value is -1.03. The first-order chi connectivity index (χ1) is 9.36. The highest BCUT2D eigenvalue weighted by Crippen LogP contribution is 2.49. The Morgan fingerprint density at radius 3 is 2.45 bits per heavy atom. The van der Waals surface area contributed by atoms with Crippen molar-refractivity contribution >= 4 is 21.9 Å². The molecule has 1 aromatic carbocycles. The average Bonchev–Trinajstić information content (AvgIpc) is 3.15. The lowest BCUT2D eigenvalue weighted by Crippen LogP contribution is -2.49. The Kier molecular flexibility index (Phi) is 4.43. The molecular weight excluding hydrogens is 314 g/mol. The summed E-state index contributed by atoms with van der Waals surface area (Å²) < 4.78 is 1.21. The summed E-state index contributed by atoms with van der Waals surface area (Å²) in [6.07, 6.45) is 2.46. The number of hydrogen-bond acceptors (Lipinski definition) is 1. The quantitative estimate of drug-likeness (QED) is 0.654. The van der Waals surface area contributed by atoms with Crippen LogP contribution in [0, 0.1) is 0 Å². The van der Waals surface area contributed by atoms with Crippen LogP contribution in [0.25, 0.3) is 0 Å². The van der Waals surface area contributed by atoms with Crippen molar-refractivity contribution in [3.8, 4) is 0 Å². The van der Waals surface area contributed by atoms with Crippen LogP contribution in [0.2, 0.25) is 0 Å². The normalized spacial score (nSPS) is 17.8. The van der Waals surface area contributed by atoms with Gasteiger partial charge in [-0.05, 0) is 45.2 Å². The van der Waals surface area contributed by atoms with Crippen LogP contribution in [0.4, 0.5) is 0 Å². The highest BCUT2D eigenvalue weighted by Gasteiger charge is 2.45. The van der Waals surface area contributed by atoms with Gasteiger partial charge < -0.3 is 10.6 Å². The molecule has 1 saturated carbocycles. The van der Waals surface area contributed by atoms with Crippen molar-refractivity contribution in [1.29, 1.82) is 0 Å². The minimum Gasteiger partial charge on any atom is -0.356 e. The van der Waals surface area contributed by atoms with E-state index in [1.165, 1.54) is 22.9 Å². The third-order valence-electron chi connectivity index (χ3n) is 3.61. The molecule has 0 aromatic heterocycles. The lowest BCUT2D eigenvalue weighted by atomic mass is 9.96. The van der Waals surface area contributed by atoms with E-state index in [0.29, 0.717) is 0 Å². The second-order valence-electron chi connectivity index (χ2n) is 6.56. The van der Waals surface area contributed by atoms with Crippen LogP contribution in [0.3, 0.4) is 0 Å². The van der Waals surface area contributed by atoms with E-state index in [0.717, 1.165) is 12.5 Å². The molecule has 1 aromatic rings. The first kappa shape index (κ1) is 15.4. The number of nitrogens with one attached hydrogen (secondary N) is 2. The van der Waals surface area contributed by atoms with Crippen LogP contribution < -0.4 is 10.6 Å². The fraction of sp³-hybridized carbons (Fsp3) is 0.562. The van der Waals surface area contributed by atoms with Gasteiger partial charge >= 0.3 is 0 Å². The molecule has 110 valence electrons. The van der Waals surface area contributed by atoms with Crippen LogP contribution >= 0.6 is 15.9 Å².